The number of rotatable bonds is 7. The summed E-state index contributed by atoms with van der Waals surface area (Å²) in [6.07, 6.45) is 10.2. The molecule has 5 nitrogen and oxygen atoms in total. The molecule has 2 aliphatic rings. The van der Waals surface area contributed by atoms with Crippen molar-refractivity contribution in [2.75, 3.05) is 7.11 Å². The Balaban J connectivity index is 2.01. The molecule has 5 heteroatoms. The number of fused-ring (bicyclic) bond motifs is 1. The Labute approximate surface area is 186 Å². The average molecular weight is 431 g/mol. The van der Waals surface area contributed by atoms with Crippen molar-refractivity contribution < 1.29 is 23.5 Å². The molecule has 0 radical (unpaired) electrons. The van der Waals surface area contributed by atoms with E-state index in [1.54, 1.807) is 12.5 Å². The van der Waals surface area contributed by atoms with Gasteiger partial charge in [-0.05, 0) is 66.1 Å². The number of carbonyl (C=O) groups is 2. The van der Waals surface area contributed by atoms with Crippen LogP contribution in [0.25, 0.3) is 0 Å². The maximum absolute atomic E-state index is 12.9. The van der Waals surface area contributed by atoms with Crippen molar-refractivity contribution in [1.29, 1.82) is 0 Å². The molecule has 1 fully saturated rings. The van der Waals surface area contributed by atoms with E-state index in [9.17, 15) is 9.59 Å². The minimum atomic E-state index is -0.411. The molecule has 0 saturated heterocycles. The quantitative estimate of drug-likeness (QED) is 0.517. The Bertz CT molecular complexity index is 804. The van der Waals surface area contributed by atoms with Crippen LogP contribution in [0.5, 0.6) is 0 Å². The standard InChI is InChI=1S/C26H38O5/c1-17(2)14-22(27)31-21-15-19(24(28)29-6)20(9-8-18-10-13-30-16-18)26(5)12-7-11-25(3,4)23(21)26/h10,13,15-17,20-21,23H,7-9,11-12,14H2,1-6H3. The lowest BCUT2D eigenvalue weighted by Gasteiger charge is -2.58. The number of aryl methyl sites for hydroxylation is 1. The maximum atomic E-state index is 12.9. The Morgan fingerprint density at radius 1 is 1.23 bits per heavy atom. The van der Waals surface area contributed by atoms with E-state index in [1.807, 2.05) is 26.0 Å². The Kier molecular flexibility index (Phi) is 7.02. The van der Waals surface area contributed by atoms with E-state index < -0.39 is 6.10 Å². The molecule has 0 bridgehead atoms. The van der Waals surface area contributed by atoms with Crippen LogP contribution in [0.15, 0.2) is 34.7 Å². The van der Waals surface area contributed by atoms with E-state index >= 15 is 0 Å². The third-order valence-electron chi connectivity index (χ3n) is 7.50. The van der Waals surface area contributed by atoms with Gasteiger partial charge in [0.05, 0.1) is 19.6 Å². The van der Waals surface area contributed by atoms with Crippen LogP contribution < -0.4 is 0 Å². The number of hydrogen-bond acceptors (Lipinski definition) is 5. The lowest BCUT2D eigenvalue weighted by molar-refractivity contribution is -0.166. The Morgan fingerprint density at radius 2 is 1.97 bits per heavy atom. The van der Waals surface area contributed by atoms with Crippen molar-refractivity contribution in [3.8, 4) is 0 Å². The number of hydrogen-bond donors (Lipinski definition) is 0. The summed E-state index contributed by atoms with van der Waals surface area (Å²) in [5.74, 6) is -0.0908. The molecule has 1 saturated carbocycles. The van der Waals surface area contributed by atoms with E-state index in [4.69, 9.17) is 13.9 Å². The molecule has 1 heterocycles. The minimum absolute atomic E-state index is 0.00180. The zero-order valence-corrected chi connectivity index (χ0v) is 19.9. The molecule has 2 aliphatic carbocycles. The lowest BCUT2D eigenvalue weighted by Crippen LogP contribution is -2.56. The van der Waals surface area contributed by atoms with Crippen LogP contribution in [-0.4, -0.2) is 25.2 Å². The highest BCUT2D eigenvalue weighted by Crippen LogP contribution is 2.61. The predicted molar refractivity (Wildman–Crippen MR) is 119 cm³/mol. The monoisotopic (exact) mass is 430 g/mol. The zero-order valence-electron chi connectivity index (χ0n) is 19.9. The predicted octanol–water partition coefficient (Wildman–Crippen LogP) is 5.73. The molecule has 0 aromatic carbocycles. The molecule has 31 heavy (non-hydrogen) atoms. The summed E-state index contributed by atoms with van der Waals surface area (Å²) in [7, 11) is 1.43. The first-order chi connectivity index (χ1) is 14.6. The topological polar surface area (TPSA) is 65.7 Å². The fourth-order valence-corrected chi connectivity index (χ4v) is 6.28. The first kappa shape index (κ1) is 23.6. The first-order valence-corrected chi connectivity index (χ1v) is 11.6. The van der Waals surface area contributed by atoms with Crippen LogP contribution in [0.2, 0.25) is 0 Å². The fourth-order valence-electron chi connectivity index (χ4n) is 6.28. The molecule has 4 atom stereocenters. The second-order valence-electron chi connectivity index (χ2n) is 10.7. The van der Waals surface area contributed by atoms with Gasteiger partial charge in [-0.25, -0.2) is 4.79 Å². The molecule has 172 valence electrons. The zero-order chi connectivity index (χ0) is 22.8. The largest absolute Gasteiger partial charge is 0.472 e. The van der Waals surface area contributed by atoms with E-state index in [1.165, 1.54) is 7.11 Å². The van der Waals surface area contributed by atoms with E-state index in [0.29, 0.717) is 12.0 Å². The van der Waals surface area contributed by atoms with Crippen LogP contribution in [0.1, 0.15) is 72.3 Å². The number of furan rings is 1. The van der Waals surface area contributed by atoms with Crippen molar-refractivity contribution in [1.82, 2.24) is 0 Å². The van der Waals surface area contributed by atoms with Gasteiger partial charge in [-0.3, -0.25) is 4.79 Å². The van der Waals surface area contributed by atoms with Crippen molar-refractivity contribution in [2.24, 2.45) is 28.6 Å². The van der Waals surface area contributed by atoms with Crippen LogP contribution in [-0.2, 0) is 25.5 Å². The SMILES string of the molecule is COC(=O)C1=CC(OC(=O)CC(C)C)C2C(C)(C)CCCC2(C)C1CCc1ccoc1. The second-order valence-corrected chi connectivity index (χ2v) is 10.7. The van der Waals surface area contributed by atoms with Crippen molar-refractivity contribution in [2.45, 2.75) is 79.2 Å². The Morgan fingerprint density at radius 3 is 2.58 bits per heavy atom. The van der Waals surface area contributed by atoms with E-state index in [2.05, 4.69) is 20.8 Å². The van der Waals surface area contributed by atoms with E-state index in [0.717, 1.165) is 37.7 Å². The highest BCUT2D eigenvalue weighted by molar-refractivity contribution is 5.89. The van der Waals surface area contributed by atoms with Gasteiger partial charge in [0.2, 0.25) is 0 Å². The summed E-state index contributed by atoms with van der Waals surface area (Å²) in [6.45, 7) is 10.9. The normalized spacial score (nSPS) is 29.8. The van der Waals surface area contributed by atoms with Crippen LogP contribution in [0.4, 0.5) is 0 Å². The van der Waals surface area contributed by atoms with Gasteiger partial charge in [-0.2, -0.15) is 0 Å². The van der Waals surface area contributed by atoms with Gasteiger partial charge in [-0.15, -0.1) is 0 Å². The van der Waals surface area contributed by atoms with Crippen molar-refractivity contribution >= 4 is 11.9 Å². The Hall–Kier alpha value is -2.04. The van der Waals surface area contributed by atoms with Crippen molar-refractivity contribution in [3.05, 3.63) is 35.8 Å². The summed E-state index contributed by atoms with van der Waals surface area (Å²) in [5.41, 5.74) is 1.63. The third-order valence-corrected chi connectivity index (χ3v) is 7.50. The molecule has 1 aromatic rings. The first-order valence-electron chi connectivity index (χ1n) is 11.6. The van der Waals surface area contributed by atoms with Gasteiger partial charge in [0.25, 0.3) is 0 Å². The molecule has 0 aliphatic heterocycles. The molecule has 3 rings (SSSR count). The third kappa shape index (κ3) is 4.91. The molecular weight excluding hydrogens is 392 g/mol. The minimum Gasteiger partial charge on any atom is -0.472 e. The summed E-state index contributed by atoms with van der Waals surface area (Å²) in [6, 6.07) is 1.98. The van der Waals surface area contributed by atoms with E-state index in [-0.39, 0.29) is 40.5 Å². The van der Waals surface area contributed by atoms with Crippen LogP contribution >= 0.6 is 0 Å². The van der Waals surface area contributed by atoms with Gasteiger partial charge in [0.1, 0.15) is 6.10 Å². The highest BCUT2D eigenvalue weighted by Gasteiger charge is 2.58. The van der Waals surface area contributed by atoms with Crippen LogP contribution in [0.3, 0.4) is 0 Å². The molecular formula is C26H38O5. The van der Waals surface area contributed by atoms with Gasteiger partial charge in [0, 0.05) is 17.9 Å². The number of carbonyl (C=O) groups excluding carboxylic acids is 2. The molecule has 0 N–H and O–H groups in total. The van der Waals surface area contributed by atoms with Gasteiger partial charge in [0.15, 0.2) is 0 Å². The number of ether oxygens (including phenoxy) is 2. The fraction of sp³-hybridized carbons (Fsp3) is 0.692. The average Bonchev–Trinajstić information content (AvgIpc) is 3.18. The molecule has 1 aromatic heterocycles. The summed E-state index contributed by atoms with van der Waals surface area (Å²) < 4.78 is 16.5. The summed E-state index contributed by atoms with van der Waals surface area (Å²) >= 11 is 0. The number of esters is 2. The van der Waals surface area contributed by atoms with Gasteiger partial charge >= 0.3 is 11.9 Å². The molecule has 0 spiro atoms. The highest BCUT2D eigenvalue weighted by atomic mass is 16.5. The second kappa shape index (κ2) is 9.22. The van der Waals surface area contributed by atoms with Gasteiger partial charge < -0.3 is 13.9 Å². The maximum Gasteiger partial charge on any atom is 0.333 e. The smallest absolute Gasteiger partial charge is 0.333 e. The summed E-state index contributed by atoms with van der Waals surface area (Å²) in [5, 5.41) is 0. The molecule has 4 unspecified atom stereocenters. The number of methoxy groups -OCH3 is 1. The van der Waals surface area contributed by atoms with Gasteiger partial charge in [-0.1, -0.05) is 41.0 Å². The summed E-state index contributed by atoms with van der Waals surface area (Å²) in [4.78, 5) is 25.5. The van der Waals surface area contributed by atoms with Crippen LogP contribution in [0, 0.1) is 28.6 Å². The van der Waals surface area contributed by atoms with Crippen molar-refractivity contribution in [3.63, 3.8) is 0 Å². The lowest BCUT2D eigenvalue weighted by atomic mass is 9.47. The molecule has 0 amide bonds.